The van der Waals surface area contributed by atoms with Crippen molar-refractivity contribution in [1.82, 2.24) is 0 Å². The van der Waals surface area contributed by atoms with E-state index >= 15 is 0 Å². The van der Waals surface area contributed by atoms with Crippen LogP contribution in [0.4, 0.5) is 0 Å². The van der Waals surface area contributed by atoms with Crippen LogP contribution in [0.2, 0.25) is 0 Å². The summed E-state index contributed by atoms with van der Waals surface area (Å²) in [5, 5.41) is 18.1. The Hall–Kier alpha value is -1.04. The van der Waals surface area contributed by atoms with Gasteiger partial charge in [-0.1, -0.05) is 18.2 Å². The van der Waals surface area contributed by atoms with Crippen LogP contribution in [0, 0.1) is 0 Å². The van der Waals surface area contributed by atoms with E-state index in [1.807, 2.05) is 6.92 Å². The first-order chi connectivity index (χ1) is 7.15. The summed E-state index contributed by atoms with van der Waals surface area (Å²) in [4.78, 5) is 0. The Bertz CT molecular complexity index is 303. The fourth-order valence-corrected chi connectivity index (χ4v) is 1.10. The lowest BCUT2D eigenvalue weighted by molar-refractivity contribution is 0.0719. The molecular weight excluding hydrogens is 195 g/mol. The number of para-hydroxylation sites is 1. The second-order valence-electron chi connectivity index (χ2n) is 3.27. The van der Waals surface area contributed by atoms with Crippen LogP contribution in [-0.4, -0.2) is 37.0 Å². The molecule has 1 aromatic rings. The highest BCUT2D eigenvalue weighted by atomic mass is 16.5. The summed E-state index contributed by atoms with van der Waals surface area (Å²) in [7, 11) is 0.0833. The van der Waals surface area contributed by atoms with Crippen LogP contribution in [0.1, 0.15) is 6.92 Å². The van der Waals surface area contributed by atoms with E-state index in [0.29, 0.717) is 17.8 Å². The molecule has 0 radical (unpaired) electrons. The van der Waals surface area contributed by atoms with Crippen molar-refractivity contribution < 1.29 is 19.5 Å². The first kappa shape index (κ1) is 12.0. The van der Waals surface area contributed by atoms with E-state index in [0.717, 1.165) is 0 Å². The molecule has 4 nitrogen and oxygen atoms in total. The van der Waals surface area contributed by atoms with Gasteiger partial charge in [-0.2, -0.15) is 0 Å². The Morgan fingerprint density at radius 1 is 1.33 bits per heavy atom. The van der Waals surface area contributed by atoms with E-state index < -0.39 is 7.12 Å². The van der Waals surface area contributed by atoms with Crippen molar-refractivity contribution in [3.8, 4) is 5.75 Å². The molecule has 2 N–H and O–H groups in total. The molecule has 5 heteroatoms. The molecule has 0 bridgehead atoms. The third-order valence-electron chi connectivity index (χ3n) is 2.07. The monoisotopic (exact) mass is 210 g/mol. The molecule has 0 amide bonds. The predicted octanol–water partition coefficient (Wildman–Crippen LogP) is -0.220. The second kappa shape index (κ2) is 5.75. The lowest BCUT2D eigenvalue weighted by Gasteiger charge is -2.14. The van der Waals surface area contributed by atoms with Gasteiger partial charge in [0, 0.05) is 12.6 Å². The first-order valence-corrected chi connectivity index (χ1v) is 4.75. The Morgan fingerprint density at radius 3 is 2.60 bits per heavy atom. The van der Waals surface area contributed by atoms with Crippen LogP contribution < -0.4 is 10.2 Å². The van der Waals surface area contributed by atoms with Gasteiger partial charge in [0.05, 0.1) is 6.10 Å². The summed E-state index contributed by atoms with van der Waals surface area (Å²) >= 11 is 0. The molecule has 0 aliphatic rings. The molecule has 1 aromatic carbocycles. The standard InChI is InChI=1S/C10H15BO4/c1-8(14-2)7-15-10-6-4-3-5-9(10)11(12)13/h3-6,8,12-13H,7H2,1-2H3. The summed E-state index contributed by atoms with van der Waals surface area (Å²) in [5.41, 5.74) is 0.362. The lowest BCUT2D eigenvalue weighted by Crippen LogP contribution is -2.32. The van der Waals surface area contributed by atoms with Crippen LogP contribution >= 0.6 is 0 Å². The van der Waals surface area contributed by atoms with Gasteiger partial charge in [0.2, 0.25) is 0 Å². The lowest BCUT2D eigenvalue weighted by atomic mass is 9.79. The number of benzene rings is 1. The maximum absolute atomic E-state index is 9.07. The molecule has 0 saturated heterocycles. The van der Waals surface area contributed by atoms with E-state index in [1.54, 1.807) is 31.4 Å². The summed E-state index contributed by atoms with van der Waals surface area (Å²) in [6.45, 7) is 2.25. The van der Waals surface area contributed by atoms with Gasteiger partial charge in [0.25, 0.3) is 0 Å². The molecule has 0 aromatic heterocycles. The van der Waals surface area contributed by atoms with Crippen LogP contribution in [0.5, 0.6) is 5.75 Å². The summed E-state index contributed by atoms with van der Waals surface area (Å²) in [6, 6.07) is 6.80. The third kappa shape index (κ3) is 3.55. The van der Waals surface area contributed by atoms with E-state index in [4.69, 9.17) is 19.5 Å². The van der Waals surface area contributed by atoms with E-state index in [2.05, 4.69) is 0 Å². The van der Waals surface area contributed by atoms with Gasteiger partial charge in [-0.15, -0.1) is 0 Å². The smallest absolute Gasteiger partial charge is 0.491 e. The van der Waals surface area contributed by atoms with Crippen molar-refractivity contribution in [2.45, 2.75) is 13.0 Å². The Kier molecular flexibility index (Phi) is 4.61. The van der Waals surface area contributed by atoms with E-state index in [1.165, 1.54) is 0 Å². The molecule has 0 aliphatic carbocycles. The average molecular weight is 210 g/mol. The molecule has 1 rings (SSSR count). The van der Waals surface area contributed by atoms with Gasteiger partial charge >= 0.3 is 7.12 Å². The zero-order chi connectivity index (χ0) is 11.3. The average Bonchev–Trinajstić information content (AvgIpc) is 2.26. The quantitative estimate of drug-likeness (QED) is 0.659. The highest BCUT2D eigenvalue weighted by Gasteiger charge is 2.16. The SMILES string of the molecule is COC(C)COc1ccccc1B(O)O. The van der Waals surface area contributed by atoms with Crippen molar-refractivity contribution in [1.29, 1.82) is 0 Å². The summed E-state index contributed by atoms with van der Waals surface area (Å²) < 4.78 is 10.4. The van der Waals surface area contributed by atoms with Crippen LogP contribution in [-0.2, 0) is 4.74 Å². The van der Waals surface area contributed by atoms with Gasteiger partial charge < -0.3 is 19.5 Å². The van der Waals surface area contributed by atoms with Crippen LogP contribution in [0.15, 0.2) is 24.3 Å². The van der Waals surface area contributed by atoms with Gasteiger partial charge in [0.1, 0.15) is 12.4 Å². The van der Waals surface area contributed by atoms with Gasteiger partial charge in [-0.25, -0.2) is 0 Å². The fraction of sp³-hybridized carbons (Fsp3) is 0.400. The Labute approximate surface area is 89.6 Å². The fourth-order valence-electron chi connectivity index (χ4n) is 1.10. The van der Waals surface area contributed by atoms with Crippen LogP contribution in [0.3, 0.4) is 0 Å². The number of hydrogen-bond acceptors (Lipinski definition) is 4. The molecule has 15 heavy (non-hydrogen) atoms. The third-order valence-corrected chi connectivity index (χ3v) is 2.07. The topological polar surface area (TPSA) is 58.9 Å². The molecule has 0 aliphatic heterocycles. The van der Waals surface area contributed by atoms with Crippen molar-refractivity contribution in [3.63, 3.8) is 0 Å². The molecule has 0 saturated carbocycles. The largest absolute Gasteiger partial charge is 0.492 e. The maximum atomic E-state index is 9.07. The number of hydrogen-bond donors (Lipinski definition) is 2. The number of ether oxygens (including phenoxy) is 2. The minimum Gasteiger partial charge on any atom is -0.491 e. The minimum atomic E-state index is -1.51. The van der Waals surface area contributed by atoms with Crippen molar-refractivity contribution >= 4 is 12.6 Å². The molecule has 82 valence electrons. The van der Waals surface area contributed by atoms with Crippen LogP contribution in [0.25, 0.3) is 0 Å². The predicted molar refractivity (Wildman–Crippen MR) is 58.2 cm³/mol. The van der Waals surface area contributed by atoms with E-state index in [9.17, 15) is 0 Å². The van der Waals surface area contributed by atoms with Crippen molar-refractivity contribution in [2.75, 3.05) is 13.7 Å². The maximum Gasteiger partial charge on any atom is 0.492 e. The van der Waals surface area contributed by atoms with Gasteiger partial charge in [-0.05, 0) is 13.0 Å². The minimum absolute atomic E-state index is 0.0334. The molecule has 0 fully saturated rings. The number of rotatable bonds is 5. The zero-order valence-electron chi connectivity index (χ0n) is 8.88. The van der Waals surface area contributed by atoms with E-state index in [-0.39, 0.29) is 6.10 Å². The second-order valence-corrected chi connectivity index (χ2v) is 3.27. The molecule has 0 spiro atoms. The first-order valence-electron chi connectivity index (χ1n) is 4.75. The Balaban J connectivity index is 2.67. The molecule has 1 atom stereocenters. The highest BCUT2D eigenvalue weighted by molar-refractivity contribution is 6.59. The summed E-state index contributed by atoms with van der Waals surface area (Å²) in [6.07, 6.45) is -0.0334. The number of methoxy groups -OCH3 is 1. The zero-order valence-corrected chi connectivity index (χ0v) is 8.88. The molecule has 1 unspecified atom stereocenters. The van der Waals surface area contributed by atoms with Gasteiger partial charge in [-0.3, -0.25) is 0 Å². The highest BCUT2D eigenvalue weighted by Crippen LogP contribution is 2.07. The van der Waals surface area contributed by atoms with Gasteiger partial charge in [0.15, 0.2) is 0 Å². The Morgan fingerprint density at radius 2 is 2.00 bits per heavy atom. The van der Waals surface area contributed by atoms with Crippen molar-refractivity contribution in [2.24, 2.45) is 0 Å². The summed E-state index contributed by atoms with van der Waals surface area (Å²) in [5.74, 6) is 0.469. The molecular formula is C10H15BO4. The normalized spacial score (nSPS) is 12.3. The molecule has 0 heterocycles. The van der Waals surface area contributed by atoms with Crippen molar-refractivity contribution in [3.05, 3.63) is 24.3 Å².